The van der Waals surface area contributed by atoms with Crippen molar-refractivity contribution in [1.29, 1.82) is 0 Å². The Balaban J connectivity index is 1.41. The monoisotopic (exact) mass is 455 g/mol. The minimum atomic E-state index is -0.265. The summed E-state index contributed by atoms with van der Waals surface area (Å²) in [6, 6.07) is 21.9. The number of aromatic nitrogens is 2. The van der Waals surface area contributed by atoms with Crippen molar-refractivity contribution in [2.75, 3.05) is 11.1 Å². The van der Waals surface area contributed by atoms with Crippen LogP contribution in [0, 0.1) is 0 Å². The van der Waals surface area contributed by atoms with Crippen LogP contribution >= 0.6 is 11.8 Å². The number of nitrogens with zero attached hydrogens (tertiary/aromatic N) is 1. The molecule has 0 fully saturated rings. The average Bonchev–Trinajstić information content (AvgIpc) is 2.83. The molecule has 0 bridgehead atoms. The van der Waals surface area contributed by atoms with Gasteiger partial charge in [-0.25, -0.2) is 4.98 Å². The highest BCUT2D eigenvalue weighted by atomic mass is 32.2. The molecule has 1 amide bonds. The largest absolute Gasteiger partial charge is 0.325 e. The zero-order valence-corrected chi connectivity index (χ0v) is 19.5. The molecule has 0 unspecified atom stereocenters. The van der Waals surface area contributed by atoms with Crippen molar-refractivity contribution in [3.05, 3.63) is 88.2 Å². The summed E-state index contributed by atoms with van der Waals surface area (Å²) < 4.78 is 0. The van der Waals surface area contributed by atoms with Gasteiger partial charge in [0.15, 0.2) is 5.16 Å². The predicted molar refractivity (Wildman–Crippen MR) is 135 cm³/mol. The van der Waals surface area contributed by atoms with Gasteiger partial charge in [-0.15, -0.1) is 0 Å². The second-order valence-electron chi connectivity index (χ2n) is 8.71. The highest BCUT2D eigenvalue weighted by Gasteiger charge is 2.37. The van der Waals surface area contributed by atoms with E-state index in [0.29, 0.717) is 5.16 Å². The molecule has 1 aromatic heterocycles. The van der Waals surface area contributed by atoms with E-state index in [1.54, 1.807) is 0 Å². The van der Waals surface area contributed by atoms with E-state index in [4.69, 9.17) is 4.98 Å². The quantitative estimate of drug-likeness (QED) is 0.306. The molecule has 33 heavy (non-hydrogen) atoms. The van der Waals surface area contributed by atoms with Crippen LogP contribution in [0.3, 0.4) is 0 Å². The van der Waals surface area contributed by atoms with Gasteiger partial charge in [-0.3, -0.25) is 9.59 Å². The Labute approximate surface area is 196 Å². The molecule has 0 spiro atoms. The Morgan fingerprint density at radius 3 is 2.70 bits per heavy atom. The van der Waals surface area contributed by atoms with E-state index in [2.05, 4.69) is 30.2 Å². The van der Waals surface area contributed by atoms with Gasteiger partial charge in [-0.1, -0.05) is 86.3 Å². The number of fused-ring (bicyclic) bond motifs is 4. The molecular weight excluding hydrogens is 430 g/mol. The summed E-state index contributed by atoms with van der Waals surface area (Å²) in [5.41, 5.74) is 4.09. The summed E-state index contributed by atoms with van der Waals surface area (Å²) in [6.45, 7) is 4.24. The normalized spacial score (nSPS) is 16.8. The average molecular weight is 456 g/mol. The number of anilines is 1. The van der Waals surface area contributed by atoms with Crippen LogP contribution in [-0.4, -0.2) is 21.6 Å². The number of thioether (sulfide) groups is 1. The highest BCUT2D eigenvalue weighted by molar-refractivity contribution is 7.99. The van der Waals surface area contributed by atoms with E-state index >= 15 is 0 Å². The summed E-state index contributed by atoms with van der Waals surface area (Å²) in [6.07, 6.45) is 1.66. The van der Waals surface area contributed by atoms with Gasteiger partial charge >= 0.3 is 0 Å². The fraction of sp³-hybridized carbons (Fsp3) is 0.222. The summed E-state index contributed by atoms with van der Waals surface area (Å²) in [5.74, 6) is 0.00740. The minimum Gasteiger partial charge on any atom is -0.325 e. The number of benzene rings is 3. The number of aromatic amines is 1. The molecule has 6 heteroatoms. The topological polar surface area (TPSA) is 74.8 Å². The lowest BCUT2D eigenvalue weighted by Gasteiger charge is -2.34. The van der Waals surface area contributed by atoms with Crippen LogP contribution in [0.2, 0.25) is 0 Å². The number of hydrogen-bond donors (Lipinski definition) is 2. The number of carbonyl (C=O) groups is 1. The van der Waals surface area contributed by atoms with Crippen LogP contribution in [0.1, 0.15) is 31.4 Å². The number of rotatable bonds is 5. The lowest BCUT2D eigenvalue weighted by Crippen LogP contribution is -2.36. The number of nitrogens with one attached hydrogen (secondary N) is 2. The summed E-state index contributed by atoms with van der Waals surface area (Å²) in [4.78, 5) is 33.6. The first kappa shape index (κ1) is 21.5. The lowest BCUT2D eigenvalue weighted by molar-refractivity contribution is -0.113. The predicted octanol–water partition coefficient (Wildman–Crippen LogP) is 5.54. The van der Waals surface area contributed by atoms with E-state index in [1.165, 1.54) is 17.3 Å². The molecule has 5 nitrogen and oxygen atoms in total. The van der Waals surface area contributed by atoms with Crippen molar-refractivity contribution in [3.63, 3.8) is 0 Å². The molecule has 1 heterocycles. The van der Waals surface area contributed by atoms with Gasteiger partial charge in [-0.2, -0.15) is 0 Å². The SMILES string of the molecule is CC[C@]1(C)Cc2ccccc2-c2nc(SCC(=O)Nc3cccc4ccccc34)[nH]c(=O)c21. The maximum atomic E-state index is 13.1. The summed E-state index contributed by atoms with van der Waals surface area (Å²) in [5, 5.41) is 5.52. The van der Waals surface area contributed by atoms with Crippen LogP contribution in [0.4, 0.5) is 5.69 Å². The molecule has 166 valence electrons. The Hall–Kier alpha value is -3.38. The maximum Gasteiger partial charge on any atom is 0.255 e. The second-order valence-corrected chi connectivity index (χ2v) is 9.67. The van der Waals surface area contributed by atoms with Crippen molar-refractivity contribution < 1.29 is 4.79 Å². The number of amides is 1. The van der Waals surface area contributed by atoms with Crippen molar-refractivity contribution in [2.24, 2.45) is 0 Å². The molecule has 0 radical (unpaired) electrons. The Morgan fingerprint density at radius 2 is 1.85 bits per heavy atom. The van der Waals surface area contributed by atoms with Gasteiger partial charge in [0.05, 0.1) is 11.4 Å². The van der Waals surface area contributed by atoms with Gasteiger partial charge < -0.3 is 10.3 Å². The Kier molecular flexibility index (Phi) is 5.54. The van der Waals surface area contributed by atoms with Crippen LogP contribution in [-0.2, 0) is 16.6 Å². The number of carbonyl (C=O) groups excluding carboxylic acids is 1. The lowest BCUT2D eigenvalue weighted by atomic mass is 9.69. The van der Waals surface area contributed by atoms with Crippen molar-refractivity contribution in [1.82, 2.24) is 9.97 Å². The first-order chi connectivity index (χ1) is 16.0. The zero-order valence-electron chi connectivity index (χ0n) is 18.6. The van der Waals surface area contributed by atoms with Crippen LogP contribution in [0.5, 0.6) is 0 Å². The third-order valence-corrected chi connectivity index (χ3v) is 7.41. The first-order valence-corrected chi connectivity index (χ1v) is 12.1. The molecular formula is C27H25N3O2S. The third kappa shape index (κ3) is 3.95. The molecule has 0 saturated heterocycles. The molecule has 0 saturated carbocycles. The Bertz CT molecular complexity index is 1420. The van der Waals surface area contributed by atoms with Gasteiger partial charge in [-0.05, 0) is 29.9 Å². The molecule has 4 aromatic rings. The number of hydrogen-bond acceptors (Lipinski definition) is 4. The fourth-order valence-electron chi connectivity index (χ4n) is 4.65. The van der Waals surface area contributed by atoms with E-state index in [1.807, 2.05) is 60.7 Å². The second kappa shape index (κ2) is 8.52. The van der Waals surface area contributed by atoms with Crippen LogP contribution in [0.25, 0.3) is 22.0 Å². The minimum absolute atomic E-state index is 0.115. The zero-order chi connectivity index (χ0) is 23.0. The smallest absolute Gasteiger partial charge is 0.255 e. The molecule has 1 aliphatic carbocycles. The summed E-state index contributed by atoms with van der Waals surface area (Å²) >= 11 is 1.24. The molecule has 1 aliphatic rings. The van der Waals surface area contributed by atoms with Crippen LogP contribution < -0.4 is 10.9 Å². The van der Waals surface area contributed by atoms with E-state index in [-0.39, 0.29) is 22.6 Å². The highest BCUT2D eigenvalue weighted by Crippen LogP contribution is 2.42. The number of H-pyrrole nitrogens is 1. The van der Waals surface area contributed by atoms with Crippen molar-refractivity contribution in [3.8, 4) is 11.3 Å². The molecule has 3 aromatic carbocycles. The molecule has 2 N–H and O–H groups in total. The molecule has 0 aliphatic heterocycles. The van der Waals surface area contributed by atoms with Gasteiger partial charge in [0.1, 0.15) is 0 Å². The Morgan fingerprint density at radius 1 is 1.09 bits per heavy atom. The van der Waals surface area contributed by atoms with Crippen molar-refractivity contribution >= 4 is 34.1 Å². The standard InChI is InChI=1S/C27H25N3O2S/c1-3-27(2)15-18-10-5-7-13-20(18)24-23(27)25(32)30-26(29-24)33-16-22(31)28-21-14-8-11-17-9-4-6-12-19(17)21/h4-14H,3,15-16H2,1-2H3,(H,28,31)(H,29,30,32)/t27-/m1/s1. The van der Waals surface area contributed by atoms with Crippen molar-refractivity contribution in [2.45, 2.75) is 37.3 Å². The van der Waals surface area contributed by atoms with E-state index in [0.717, 1.165) is 46.1 Å². The van der Waals surface area contributed by atoms with Gasteiger partial charge in [0.25, 0.3) is 5.56 Å². The van der Waals surface area contributed by atoms with Gasteiger partial charge in [0.2, 0.25) is 5.91 Å². The fourth-order valence-corrected chi connectivity index (χ4v) is 5.31. The van der Waals surface area contributed by atoms with E-state index in [9.17, 15) is 9.59 Å². The van der Waals surface area contributed by atoms with Crippen LogP contribution in [0.15, 0.2) is 76.7 Å². The van der Waals surface area contributed by atoms with E-state index < -0.39 is 0 Å². The summed E-state index contributed by atoms with van der Waals surface area (Å²) in [7, 11) is 0. The third-order valence-electron chi connectivity index (χ3n) is 6.54. The first-order valence-electron chi connectivity index (χ1n) is 11.1. The molecule has 5 rings (SSSR count). The van der Waals surface area contributed by atoms with Gasteiger partial charge in [0, 0.05) is 27.6 Å². The maximum absolute atomic E-state index is 13.1. The molecule has 1 atom stereocenters.